The van der Waals surface area contributed by atoms with E-state index >= 15 is 0 Å². The molecule has 0 N–H and O–H groups in total. The summed E-state index contributed by atoms with van der Waals surface area (Å²) in [5.41, 5.74) is 6.64. The minimum Gasteiger partial charge on any atom is -0.497 e. The van der Waals surface area contributed by atoms with Crippen LogP contribution in [0.25, 0.3) is 33.3 Å². The molecular formula is C37H38N2O4. The molecule has 6 nitrogen and oxygen atoms in total. The number of aryl methyl sites for hydroxylation is 1. The van der Waals surface area contributed by atoms with Crippen LogP contribution in [0.1, 0.15) is 67.6 Å². The number of fused-ring (bicyclic) bond motifs is 1. The van der Waals surface area contributed by atoms with Crippen molar-refractivity contribution in [1.82, 2.24) is 9.78 Å². The normalized spacial score (nSPS) is 11.8. The summed E-state index contributed by atoms with van der Waals surface area (Å²) in [5, 5.41) is 7.37. The predicted octanol–water partition coefficient (Wildman–Crippen LogP) is 8.64. The summed E-state index contributed by atoms with van der Waals surface area (Å²) in [7, 11) is 1.68. The lowest BCUT2D eigenvalue weighted by Gasteiger charge is -2.17. The molecule has 5 rings (SSSR count). The molecule has 0 amide bonds. The Balaban J connectivity index is 1.55. The van der Waals surface area contributed by atoms with Gasteiger partial charge < -0.3 is 14.3 Å². The van der Waals surface area contributed by atoms with Gasteiger partial charge in [-0.15, -0.1) is 0 Å². The molecule has 0 fully saturated rings. The third kappa shape index (κ3) is 6.69. The van der Waals surface area contributed by atoms with Crippen molar-refractivity contribution < 1.29 is 19.1 Å². The van der Waals surface area contributed by atoms with E-state index in [-0.39, 0.29) is 17.6 Å². The van der Waals surface area contributed by atoms with Crippen LogP contribution in [0.5, 0.6) is 11.5 Å². The number of benzene rings is 4. The van der Waals surface area contributed by atoms with Gasteiger partial charge in [-0.25, -0.2) is 0 Å². The fraction of sp³-hybridized carbons (Fsp3) is 0.270. The van der Waals surface area contributed by atoms with Gasteiger partial charge in [0.1, 0.15) is 17.3 Å². The fourth-order valence-electron chi connectivity index (χ4n) is 5.40. The maximum atomic E-state index is 12.7. The standard InChI is InChI=1S/C37H38N2O4/c1-6-43-37-19-10-24(2)20-33(37)34-23-35(31-16-15-30-22-32(42-5)18-17-29(30)21-31)39(38-34)26(4)27-11-13-28(14-12-27)36(41)9-7-8-25(3)40/h10-23,26H,6-9H2,1-5H3/t26-/m0/s1. The zero-order chi connectivity index (χ0) is 30.5. The number of Topliss-reactive ketones (excluding diaryl/α,β-unsaturated/α-hetero) is 2. The molecule has 0 bridgehead atoms. The second-order valence-corrected chi connectivity index (χ2v) is 11.0. The van der Waals surface area contributed by atoms with E-state index in [0.29, 0.717) is 31.4 Å². The van der Waals surface area contributed by atoms with Gasteiger partial charge in [-0.3, -0.25) is 9.48 Å². The first-order valence-corrected chi connectivity index (χ1v) is 14.8. The Morgan fingerprint density at radius 3 is 2.35 bits per heavy atom. The highest BCUT2D eigenvalue weighted by molar-refractivity contribution is 5.96. The van der Waals surface area contributed by atoms with Gasteiger partial charge in [0, 0.05) is 29.5 Å². The van der Waals surface area contributed by atoms with Gasteiger partial charge in [0.05, 0.1) is 31.1 Å². The van der Waals surface area contributed by atoms with Gasteiger partial charge in [-0.05, 0) is 86.8 Å². The number of hydrogen-bond donors (Lipinski definition) is 0. The largest absolute Gasteiger partial charge is 0.497 e. The summed E-state index contributed by atoms with van der Waals surface area (Å²) in [6.45, 7) is 8.29. The van der Waals surface area contributed by atoms with Crippen LogP contribution in [0.2, 0.25) is 0 Å². The number of hydrogen-bond acceptors (Lipinski definition) is 5. The number of methoxy groups -OCH3 is 1. The highest BCUT2D eigenvalue weighted by atomic mass is 16.5. The first kappa shape index (κ1) is 29.8. The van der Waals surface area contributed by atoms with Crippen molar-refractivity contribution >= 4 is 22.3 Å². The lowest BCUT2D eigenvalue weighted by atomic mass is 10.00. The second-order valence-electron chi connectivity index (χ2n) is 11.0. The van der Waals surface area contributed by atoms with Crippen molar-refractivity contribution in [1.29, 1.82) is 0 Å². The van der Waals surface area contributed by atoms with Gasteiger partial charge in [-0.2, -0.15) is 5.10 Å². The molecule has 6 heteroatoms. The number of carbonyl (C=O) groups is 2. The number of rotatable bonds is 12. The van der Waals surface area contributed by atoms with Gasteiger partial charge in [0.15, 0.2) is 5.78 Å². The van der Waals surface area contributed by atoms with Crippen LogP contribution >= 0.6 is 0 Å². The number of carbonyl (C=O) groups excluding carboxylic acids is 2. The van der Waals surface area contributed by atoms with Crippen LogP contribution in [0.3, 0.4) is 0 Å². The predicted molar refractivity (Wildman–Crippen MR) is 172 cm³/mol. The van der Waals surface area contributed by atoms with Crippen LogP contribution in [0.15, 0.2) is 84.9 Å². The molecule has 1 atom stereocenters. The summed E-state index contributed by atoms with van der Waals surface area (Å²) in [6, 6.07) is 28.4. The van der Waals surface area contributed by atoms with Crippen molar-refractivity contribution in [2.24, 2.45) is 0 Å². The Hall–Kier alpha value is -4.71. The number of ether oxygens (including phenoxy) is 2. The minimum atomic E-state index is -0.113. The molecule has 0 radical (unpaired) electrons. The summed E-state index contributed by atoms with van der Waals surface area (Å²) >= 11 is 0. The zero-order valence-electron chi connectivity index (χ0n) is 25.5. The van der Waals surface area contributed by atoms with E-state index in [1.165, 1.54) is 0 Å². The molecule has 220 valence electrons. The van der Waals surface area contributed by atoms with E-state index in [4.69, 9.17) is 14.6 Å². The van der Waals surface area contributed by atoms with Gasteiger partial charge in [-0.1, -0.05) is 54.1 Å². The Kier molecular flexibility index (Phi) is 9.05. The molecular weight excluding hydrogens is 536 g/mol. The van der Waals surface area contributed by atoms with Crippen LogP contribution in [-0.4, -0.2) is 35.1 Å². The molecule has 0 aliphatic carbocycles. The zero-order valence-corrected chi connectivity index (χ0v) is 25.5. The lowest BCUT2D eigenvalue weighted by Crippen LogP contribution is -2.11. The van der Waals surface area contributed by atoms with E-state index in [1.54, 1.807) is 14.0 Å². The maximum absolute atomic E-state index is 12.7. The van der Waals surface area contributed by atoms with Crippen molar-refractivity contribution in [3.05, 3.63) is 102 Å². The topological polar surface area (TPSA) is 70.4 Å². The second kappa shape index (κ2) is 13.1. The van der Waals surface area contributed by atoms with Crippen LogP contribution in [0.4, 0.5) is 0 Å². The third-order valence-electron chi connectivity index (χ3n) is 7.80. The van der Waals surface area contributed by atoms with Crippen LogP contribution < -0.4 is 9.47 Å². The molecule has 0 aliphatic heterocycles. The highest BCUT2D eigenvalue weighted by Gasteiger charge is 2.20. The van der Waals surface area contributed by atoms with Gasteiger partial charge in [0.25, 0.3) is 0 Å². The summed E-state index contributed by atoms with van der Waals surface area (Å²) in [6.07, 6.45) is 1.38. The highest BCUT2D eigenvalue weighted by Crippen LogP contribution is 2.36. The average Bonchev–Trinajstić information content (AvgIpc) is 3.46. The van der Waals surface area contributed by atoms with Crippen molar-refractivity contribution in [2.75, 3.05) is 13.7 Å². The number of aromatic nitrogens is 2. The lowest BCUT2D eigenvalue weighted by molar-refractivity contribution is -0.117. The summed E-state index contributed by atoms with van der Waals surface area (Å²) in [4.78, 5) is 24.0. The monoisotopic (exact) mass is 574 g/mol. The van der Waals surface area contributed by atoms with E-state index in [1.807, 2.05) is 49.4 Å². The molecule has 5 aromatic rings. The molecule has 43 heavy (non-hydrogen) atoms. The molecule has 0 spiro atoms. The molecule has 4 aromatic carbocycles. The average molecular weight is 575 g/mol. The number of nitrogens with zero attached hydrogens (tertiary/aromatic N) is 2. The summed E-state index contributed by atoms with van der Waals surface area (Å²) in [5.74, 6) is 1.79. The van der Waals surface area contributed by atoms with E-state index in [9.17, 15) is 9.59 Å². The molecule has 1 aromatic heterocycles. The number of ketones is 2. The molecule has 0 unspecified atom stereocenters. The SMILES string of the molecule is CCOc1ccc(C)cc1-c1cc(-c2ccc3cc(OC)ccc3c2)n([C@@H](C)c2ccc(C(=O)CCCC(C)=O)cc2)n1. The van der Waals surface area contributed by atoms with E-state index < -0.39 is 0 Å². The molecule has 1 heterocycles. The minimum absolute atomic E-state index is 0.0539. The van der Waals surface area contributed by atoms with Gasteiger partial charge in [0.2, 0.25) is 0 Å². The van der Waals surface area contributed by atoms with Crippen LogP contribution in [0, 0.1) is 6.92 Å². The Morgan fingerprint density at radius 2 is 1.63 bits per heavy atom. The molecule has 0 saturated carbocycles. The van der Waals surface area contributed by atoms with Crippen molar-refractivity contribution in [3.8, 4) is 34.0 Å². The van der Waals surface area contributed by atoms with Crippen molar-refractivity contribution in [3.63, 3.8) is 0 Å². The van der Waals surface area contributed by atoms with E-state index in [2.05, 4.69) is 61.0 Å². The first-order valence-electron chi connectivity index (χ1n) is 14.8. The van der Waals surface area contributed by atoms with Crippen LogP contribution in [-0.2, 0) is 4.79 Å². The fourth-order valence-corrected chi connectivity index (χ4v) is 5.40. The van der Waals surface area contributed by atoms with Crippen molar-refractivity contribution in [2.45, 2.75) is 53.0 Å². The van der Waals surface area contributed by atoms with E-state index in [0.717, 1.165) is 55.9 Å². The Labute approximate surface area is 253 Å². The van der Waals surface area contributed by atoms with Gasteiger partial charge >= 0.3 is 0 Å². The molecule has 0 aliphatic rings. The first-order chi connectivity index (χ1) is 20.8. The smallest absolute Gasteiger partial charge is 0.162 e. The Bertz CT molecular complexity index is 1770. The third-order valence-corrected chi connectivity index (χ3v) is 7.80. The molecule has 0 saturated heterocycles. The quantitative estimate of drug-likeness (QED) is 0.140. The Morgan fingerprint density at radius 1 is 0.884 bits per heavy atom. The summed E-state index contributed by atoms with van der Waals surface area (Å²) < 4.78 is 13.5. The maximum Gasteiger partial charge on any atom is 0.162 e.